The number of nitrogens with one attached hydrogen (secondary N) is 3. The molecule has 1 unspecified atom stereocenters. The van der Waals surface area contributed by atoms with E-state index in [1.54, 1.807) is 0 Å². The lowest BCUT2D eigenvalue weighted by Gasteiger charge is -2.31. The molecule has 1 saturated carbocycles. The van der Waals surface area contributed by atoms with Gasteiger partial charge in [0.05, 0.1) is 5.92 Å². The molecule has 1 amide bonds. The molecule has 0 aromatic carbocycles. The van der Waals surface area contributed by atoms with E-state index in [1.807, 2.05) is 4.98 Å². The third-order valence-electron chi connectivity index (χ3n) is 4.35. The van der Waals surface area contributed by atoms with Crippen molar-refractivity contribution in [2.24, 2.45) is 5.92 Å². The third-order valence-corrected chi connectivity index (χ3v) is 6.37. The van der Waals surface area contributed by atoms with E-state index in [1.165, 1.54) is 6.92 Å². The predicted molar refractivity (Wildman–Crippen MR) is 85.1 cm³/mol. The van der Waals surface area contributed by atoms with Crippen LogP contribution in [-0.4, -0.2) is 47.7 Å². The third kappa shape index (κ3) is 3.29. The number of aromatic nitrogens is 2. The number of nitrogens with zero attached hydrogens (tertiary/aromatic N) is 1. The van der Waals surface area contributed by atoms with E-state index in [2.05, 4.69) is 10.3 Å². The molecule has 1 atom stereocenters. The van der Waals surface area contributed by atoms with Gasteiger partial charge in [0.25, 0.3) is 5.56 Å². The van der Waals surface area contributed by atoms with Crippen molar-refractivity contribution in [2.45, 2.75) is 43.5 Å². The second-order valence-electron chi connectivity index (χ2n) is 6.35. The number of hydrogen-bond donors (Lipinski definition) is 3. The van der Waals surface area contributed by atoms with Crippen LogP contribution in [0.4, 0.5) is 0 Å². The Balaban J connectivity index is 1.85. The van der Waals surface area contributed by atoms with Gasteiger partial charge in [-0.3, -0.25) is 14.6 Å². The molecule has 10 heteroatoms. The first kappa shape index (κ1) is 16.9. The number of aryl methyl sites for hydroxylation is 1. The summed E-state index contributed by atoms with van der Waals surface area (Å²) in [5.74, 6) is -0.555. The standard InChI is InChI=1S/C14H20N4O5S/c1-8-11(13(20)17-14(21)15-8)24(22,23)18-6-2-3-9(7-18)12(19)16-10-4-5-10/h9-10H,2-7H2,1H3,(H,16,19)(H2,15,17,20,21). The highest BCUT2D eigenvalue weighted by Gasteiger charge is 2.37. The van der Waals surface area contributed by atoms with Gasteiger partial charge in [0, 0.05) is 24.8 Å². The van der Waals surface area contributed by atoms with E-state index in [-0.39, 0.29) is 30.7 Å². The van der Waals surface area contributed by atoms with Gasteiger partial charge >= 0.3 is 5.69 Å². The molecule has 132 valence electrons. The first-order valence-electron chi connectivity index (χ1n) is 7.93. The van der Waals surface area contributed by atoms with E-state index < -0.39 is 32.1 Å². The Morgan fingerprint density at radius 1 is 1.21 bits per heavy atom. The highest BCUT2D eigenvalue weighted by atomic mass is 32.2. The van der Waals surface area contributed by atoms with Crippen LogP contribution in [0.15, 0.2) is 14.5 Å². The Kier molecular flexibility index (Phi) is 4.35. The van der Waals surface area contributed by atoms with E-state index >= 15 is 0 Å². The van der Waals surface area contributed by atoms with Gasteiger partial charge in [-0.2, -0.15) is 4.31 Å². The second-order valence-corrected chi connectivity index (χ2v) is 8.22. The number of rotatable bonds is 4. The van der Waals surface area contributed by atoms with E-state index in [0.717, 1.165) is 17.1 Å². The molecule has 1 aromatic rings. The summed E-state index contributed by atoms with van der Waals surface area (Å²) in [4.78, 5) is 39.2. The monoisotopic (exact) mass is 356 g/mol. The number of carbonyl (C=O) groups excluding carboxylic acids is 1. The van der Waals surface area contributed by atoms with Crippen LogP contribution in [0.2, 0.25) is 0 Å². The maximum atomic E-state index is 12.8. The molecule has 1 aromatic heterocycles. The van der Waals surface area contributed by atoms with Crippen molar-refractivity contribution < 1.29 is 13.2 Å². The summed E-state index contributed by atoms with van der Waals surface area (Å²) in [5, 5.41) is 2.89. The summed E-state index contributed by atoms with van der Waals surface area (Å²) in [7, 11) is -4.08. The number of amides is 1. The van der Waals surface area contributed by atoms with Crippen molar-refractivity contribution in [2.75, 3.05) is 13.1 Å². The number of carbonyl (C=O) groups is 1. The Bertz CT molecular complexity index is 868. The van der Waals surface area contributed by atoms with Crippen LogP contribution in [0.1, 0.15) is 31.4 Å². The maximum Gasteiger partial charge on any atom is 0.325 e. The van der Waals surface area contributed by atoms with E-state index in [0.29, 0.717) is 12.8 Å². The quantitative estimate of drug-likeness (QED) is 0.640. The Morgan fingerprint density at radius 3 is 2.54 bits per heavy atom. The molecule has 9 nitrogen and oxygen atoms in total. The lowest BCUT2D eigenvalue weighted by molar-refractivity contribution is -0.126. The summed E-state index contributed by atoms with van der Waals surface area (Å²) < 4.78 is 26.7. The van der Waals surface area contributed by atoms with Gasteiger partial charge in [0.2, 0.25) is 15.9 Å². The molecule has 1 aliphatic heterocycles. The fourth-order valence-corrected chi connectivity index (χ4v) is 4.68. The van der Waals surface area contributed by atoms with Crippen molar-refractivity contribution in [1.29, 1.82) is 0 Å². The average Bonchev–Trinajstić information content (AvgIpc) is 3.30. The number of piperidine rings is 1. The molecule has 3 N–H and O–H groups in total. The molecule has 1 saturated heterocycles. The number of hydrogen-bond acceptors (Lipinski definition) is 5. The minimum Gasteiger partial charge on any atom is -0.353 e. The summed E-state index contributed by atoms with van der Waals surface area (Å²) in [5.41, 5.74) is -1.70. The van der Waals surface area contributed by atoms with Crippen molar-refractivity contribution in [3.05, 3.63) is 26.5 Å². The van der Waals surface area contributed by atoms with Crippen molar-refractivity contribution in [3.8, 4) is 0 Å². The van der Waals surface area contributed by atoms with Crippen LogP contribution in [-0.2, 0) is 14.8 Å². The maximum absolute atomic E-state index is 12.8. The van der Waals surface area contributed by atoms with E-state index in [4.69, 9.17) is 0 Å². The fraction of sp³-hybridized carbons (Fsp3) is 0.643. The summed E-state index contributed by atoms with van der Waals surface area (Å²) in [6.45, 7) is 1.65. The molecule has 24 heavy (non-hydrogen) atoms. The Labute approximate surface area is 138 Å². The minimum absolute atomic E-state index is 0.00620. The molecular formula is C14H20N4O5S. The molecule has 0 bridgehead atoms. The molecule has 0 spiro atoms. The molecular weight excluding hydrogens is 336 g/mol. The topological polar surface area (TPSA) is 132 Å². The fourth-order valence-electron chi connectivity index (χ4n) is 2.95. The zero-order chi connectivity index (χ0) is 17.5. The number of H-pyrrole nitrogens is 2. The molecule has 2 heterocycles. The van der Waals surface area contributed by atoms with Crippen LogP contribution in [0, 0.1) is 12.8 Å². The minimum atomic E-state index is -4.08. The molecule has 1 aliphatic carbocycles. The van der Waals surface area contributed by atoms with Gasteiger partial charge in [0.15, 0.2) is 4.90 Å². The summed E-state index contributed by atoms with van der Waals surface area (Å²) in [6.07, 6.45) is 3.09. The highest BCUT2D eigenvalue weighted by molar-refractivity contribution is 7.89. The van der Waals surface area contributed by atoms with Crippen molar-refractivity contribution in [3.63, 3.8) is 0 Å². The zero-order valence-electron chi connectivity index (χ0n) is 13.3. The van der Waals surface area contributed by atoms with Gasteiger partial charge in [-0.05, 0) is 32.6 Å². The molecule has 0 radical (unpaired) electrons. The van der Waals surface area contributed by atoms with Gasteiger partial charge in [0.1, 0.15) is 0 Å². The SMILES string of the molecule is Cc1[nH]c(=O)[nH]c(=O)c1S(=O)(=O)N1CCCC(C(=O)NC2CC2)C1. The van der Waals surface area contributed by atoms with Crippen LogP contribution in [0.5, 0.6) is 0 Å². The molecule has 2 aliphatic rings. The first-order valence-corrected chi connectivity index (χ1v) is 9.37. The van der Waals surface area contributed by atoms with Crippen LogP contribution in [0.3, 0.4) is 0 Å². The summed E-state index contributed by atoms with van der Waals surface area (Å²) >= 11 is 0. The van der Waals surface area contributed by atoms with Crippen molar-refractivity contribution in [1.82, 2.24) is 19.6 Å². The Morgan fingerprint density at radius 2 is 1.92 bits per heavy atom. The van der Waals surface area contributed by atoms with Crippen molar-refractivity contribution >= 4 is 15.9 Å². The van der Waals surface area contributed by atoms with Gasteiger partial charge in [-0.1, -0.05) is 0 Å². The van der Waals surface area contributed by atoms with E-state index in [9.17, 15) is 22.8 Å². The lowest BCUT2D eigenvalue weighted by atomic mass is 9.99. The van der Waals surface area contributed by atoms with Crippen LogP contribution >= 0.6 is 0 Å². The number of aromatic amines is 2. The first-order chi connectivity index (χ1) is 11.3. The average molecular weight is 356 g/mol. The van der Waals surface area contributed by atoms with Gasteiger partial charge in [-0.25, -0.2) is 13.2 Å². The zero-order valence-corrected chi connectivity index (χ0v) is 14.1. The smallest absolute Gasteiger partial charge is 0.325 e. The normalized spacial score (nSPS) is 22.3. The molecule has 2 fully saturated rings. The predicted octanol–water partition coefficient (Wildman–Crippen LogP) is -0.949. The summed E-state index contributed by atoms with van der Waals surface area (Å²) in [6, 6.07) is 0.216. The second kappa shape index (κ2) is 6.17. The van der Waals surface area contributed by atoms with Crippen LogP contribution < -0.4 is 16.6 Å². The largest absolute Gasteiger partial charge is 0.353 e. The number of sulfonamides is 1. The van der Waals surface area contributed by atoms with Crippen LogP contribution in [0.25, 0.3) is 0 Å². The van der Waals surface area contributed by atoms with Gasteiger partial charge < -0.3 is 10.3 Å². The molecule has 3 rings (SSSR count). The lowest BCUT2D eigenvalue weighted by Crippen LogP contribution is -2.47. The Hall–Kier alpha value is -1.94. The van der Waals surface area contributed by atoms with Gasteiger partial charge in [-0.15, -0.1) is 0 Å². The highest BCUT2D eigenvalue weighted by Crippen LogP contribution is 2.25.